The van der Waals surface area contributed by atoms with Crippen LogP contribution in [0.15, 0.2) is 83.8 Å². The fourth-order valence-corrected chi connectivity index (χ4v) is 7.44. The van der Waals surface area contributed by atoms with E-state index >= 15 is 0 Å². The molecular formula is C33H34N4O3S. The maximum Gasteiger partial charge on any atom is 0.269 e. The molecule has 1 saturated heterocycles. The molecule has 0 bridgehead atoms. The minimum absolute atomic E-state index is 0.0838. The lowest BCUT2D eigenvalue weighted by Crippen LogP contribution is -2.48. The van der Waals surface area contributed by atoms with Gasteiger partial charge in [0.05, 0.1) is 9.83 Å². The third kappa shape index (κ3) is 5.36. The third-order valence-electron chi connectivity index (χ3n) is 8.47. The molecule has 2 aliphatic rings. The van der Waals surface area contributed by atoms with Gasteiger partial charge in [-0.1, -0.05) is 80.1 Å². The molecule has 6 rings (SSSR count). The smallest absolute Gasteiger partial charge is 0.269 e. The molecule has 41 heavy (non-hydrogen) atoms. The van der Waals surface area contributed by atoms with Crippen LogP contribution in [-0.4, -0.2) is 31.8 Å². The second-order valence-electron chi connectivity index (χ2n) is 11.1. The molecule has 0 spiro atoms. The Bertz CT molecular complexity index is 1610. The van der Waals surface area contributed by atoms with E-state index in [1.54, 1.807) is 23.9 Å². The van der Waals surface area contributed by atoms with E-state index < -0.39 is 0 Å². The van der Waals surface area contributed by atoms with E-state index in [0.29, 0.717) is 12.5 Å². The third-order valence-corrected chi connectivity index (χ3v) is 9.58. The number of nitrogens with one attached hydrogen (secondary N) is 1. The molecule has 1 amide bonds. The van der Waals surface area contributed by atoms with Crippen molar-refractivity contribution in [3.63, 3.8) is 0 Å². The van der Waals surface area contributed by atoms with Gasteiger partial charge in [-0.25, -0.2) is 0 Å². The topological polar surface area (TPSA) is 80.4 Å². The summed E-state index contributed by atoms with van der Waals surface area (Å²) < 4.78 is 2.23. The first-order valence-corrected chi connectivity index (χ1v) is 15.1. The minimum atomic E-state index is -0.377. The number of nitrogens with zero attached hydrogens (tertiary/aromatic N) is 3. The average Bonchev–Trinajstić information content (AvgIpc) is 3.42. The molecule has 4 aromatic rings. The zero-order valence-corrected chi connectivity index (χ0v) is 24.1. The summed E-state index contributed by atoms with van der Waals surface area (Å²) in [5, 5.41) is 15.8. The lowest BCUT2D eigenvalue weighted by molar-refractivity contribution is -0.384. The van der Waals surface area contributed by atoms with Crippen molar-refractivity contribution in [1.29, 1.82) is 0 Å². The van der Waals surface area contributed by atoms with Gasteiger partial charge >= 0.3 is 0 Å². The lowest BCUT2D eigenvalue weighted by Gasteiger charge is -2.39. The summed E-state index contributed by atoms with van der Waals surface area (Å²) in [6, 6.07) is 25.3. The van der Waals surface area contributed by atoms with Crippen molar-refractivity contribution in [3.05, 3.63) is 111 Å². The van der Waals surface area contributed by atoms with Crippen molar-refractivity contribution >= 4 is 46.0 Å². The molecule has 1 aliphatic heterocycles. The number of carbonyl (C=O) groups excluding carboxylic acids is 1. The van der Waals surface area contributed by atoms with Crippen molar-refractivity contribution in [2.45, 2.75) is 57.6 Å². The number of carbonyl (C=O) groups is 1. The van der Waals surface area contributed by atoms with Gasteiger partial charge in [0, 0.05) is 52.6 Å². The number of aromatic nitrogens is 1. The number of benzene rings is 3. The Hall–Kier alpha value is -4.04. The number of nitro groups is 1. The Morgan fingerprint density at radius 3 is 2.44 bits per heavy atom. The molecule has 1 aromatic heterocycles. The highest BCUT2D eigenvalue weighted by Crippen LogP contribution is 2.43. The Kier molecular flexibility index (Phi) is 7.58. The number of thioether (sulfide) groups is 1. The maximum absolute atomic E-state index is 14.1. The molecule has 3 aromatic carbocycles. The second-order valence-corrected chi connectivity index (χ2v) is 12.2. The van der Waals surface area contributed by atoms with Crippen LogP contribution in [0.2, 0.25) is 0 Å². The van der Waals surface area contributed by atoms with E-state index in [0.717, 1.165) is 57.6 Å². The zero-order valence-electron chi connectivity index (χ0n) is 23.3. The van der Waals surface area contributed by atoms with Crippen LogP contribution in [0.4, 0.5) is 11.4 Å². The van der Waals surface area contributed by atoms with E-state index in [1.165, 1.54) is 6.42 Å². The molecule has 1 aliphatic carbocycles. The fourth-order valence-electron chi connectivity index (χ4n) is 6.25. The van der Waals surface area contributed by atoms with Gasteiger partial charge in [-0.3, -0.25) is 14.9 Å². The van der Waals surface area contributed by atoms with Crippen molar-refractivity contribution in [2.75, 3.05) is 5.32 Å². The molecule has 8 heteroatoms. The van der Waals surface area contributed by atoms with E-state index in [2.05, 4.69) is 46.8 Å². The summed E-state index contributed by atoms with van der Waals surface area (Å²) in [7, 11) is 0. The van der Waals surface area contributed by atoms with E-state index in [1.807, 2.05) is 54.6 Å². The molecular weight excluding hydrogens is 532 g/mol. The molecule has 1 N–H and O–H groups in total. The molecule has 1 unspecified atom stereocenters. The largest absolute Gasteiger partial charge is 0.356 e. The molecule has 2 heterocycles. The van der Waals surface area contributed by atoms with Gasteiger partial charge in [-0.05, 0) is 55.5 Å². The number of anilines is 1. The summed E-state index contributed by atoms with van der Waals surface area (Å²) in [5.41, 5.74) is 5.06. The summed E-state index contributed by atoms with van der Waals surface area (Å²) in [6.07, 6.45) is 6.62. The monoisotopic (exact) mass is 566 g/mol. The Balaban J connectivity index is 1.37. The fraction of sp³-hybridized carbons (Fsp3) is 0.303. The number of hydrogen-bond acceptors (Lipinski definition) is 5. The summed E-state index contributed by atoms with van der Waals surface area (Å²) in [6.45, 7) is 4.94. The van der Waals surface area contributed by atoms with Crippen LogP contribution < -0.4 is 5.32 Å². The van der Waals surface area contributed by atoms with Gasteiger partial charge < -0.3 is 14.8 Å². The van der Waals surface area contributed by atoms with Crippen LogP contribution >= 0.6 is 11.8 Å². The number of para-hydroxylation sites is 2. The Morgan fingerprint density at radius 1 is 1.00 bits per heavy atom. The second kappa shape index (κ2) is 11.4. The van der Waals surface area contributed by atoms with Crippen molar-refractivity contribution in [3.8, 4) is 0 Å². The standard InChI is InChI=1S/C33H34N4O3S/c1-22-10-6-8-14-29(22)36-32(38)31(41-33(36)34-25-11-4-3-5-12-25)20-28-23(2)35(30-15-9-7-13-27(28)30)21-24-16-18-26(19-17-24)37(39)40/h3-5,7,9,11-13,15-20,22,29,33-34H,6,8,10,14,21H2,1-2H3/b31-20-/t22-,29-,33?/m0/s1. The number of amides is 1. The van der Waals surface area contributed by atoms with Gasteiger partial charge in [0.25, 0.3) is 11.6 Å². The van der Waals surface area contributed by atoms with Crippen LogP contribution in [0.3, 0.4) is 0 Å². The zero-order chi connectivity index (χ0) is 28.5. The molecule has 1 saturated carbocycles. The molecule has 210 valence electrons. The lowest BCUT2D eigenvalue weighted by atomic mass is 9.85. The molecule has 3 atom stereocenters. The normalized spacial score (nSPS) is 22.0. The van der Waals surface area contributed by atoms with Crippen molar-refractivity contribution in [2.24, 2.45) is 5.92 Å². The van der Waals surface area contributed by atoms with Crippen LogP contribution in [0.1, 0.15) is 49.4 Å². The molecule has 0 radical (unpaired) electrons. The van der Waals surface area contributed by atoms with Gasteiger partial charge in [0.15, 0.2) is 5.50 Å². The summed E-state index contributed by atoms with van der Waals surface area (Å²) >= 11 is 1.60. The van der Waals surface area contributed by atoms with Crippen molar-refractivity contribution in [1.82, 2.24) is 9.47 Å². The number of nitro benzene ring substituents is 1. The van der Waals surface area contributed by atoms with E-state index in [-0.39, 0.29) is 28.1 Å². The average molecular weight is 567 g/mol. The van der Waals surface area contributed by atoms with E-state index in [4.69, 9.17) is 0 Å². The van der Waals surface area contributed by atoms with Crippen LogP contribution in [0.25, 0.3) is 17.0 Å². The predicted molar refractivity (Wildman–Crippen MR) is 167 cm³/mol. The number of fused-ring (bicyclic) bond motifs is 1. The van der Waals surface area contributed by atoms with Gasteiger partial charge in [-0.2, -0.15) is 0 Å². The van der Waals surface area contributed by atoms with Crippen molar-refractivity contribution < 1.29 is 9.72 Å². The predicted octanol–water partition coefficient (Wildman–Crippen LogP) is 7.80. The number of hydrogen-bond donors (Lipinski definition) is 1. The highest BCUT2D eigenvalue weighted by atomic mass is 32.2. The first-order valence-electron chi connectivity index (χ1n) is 14.2. The Labute approximate surface area is 244 Å². The Morgan fingerprint density at radius 2 is 1.71 bits per heavy atom. The maximum atomic E-state index is 14.1. The van der Waals surface area contributed by atoms with Gasteiger partial charge in [-0.15, -0.1) is 0 Å². The first-order chi connectivity index (χ1) is 19.9. The summed E-state index contributed by atoms with van der Waals surface area (Å²) in [5.74, 6) is 0.548. The van der Waals surface area contributed by atoms with Gasteiger partial charge in [0.2, 0.25) is 0 Å². The van der Waals surface area contributed by atoms with E-state index in [9.17, 15) is 14.9 Å². The van der Waals surface area contributed by atoms with Crippen LogP contribution in [0.5, 0.6) is 0 Å². The van der Waals surface area contributed by atoms with Crippen LogP contribution in [0, 0.1) is 23.0 Å². The molecule has 7 nitrogen and oxygen atoms in total. The SMILES string of the molecule is Cc1c(/C=C2\SC(Nc3ccccc3)N([C@H]3CCCC[C@@H]3C)C2=O)c2ccccc2n1Cc1ccc([N+](=O)[O-])cc1. The number of rotatable bonds is 7. The summed E-state index contributed by atoms with van der Waals surface area (Å²) in [4.78, 5) is 27.7. The number of non-ortho nitro benzene ring substituents is 1. The molecule has 2 fully saturated rings. The highest BCUT2D eigenvalue weighted by Gasteiger charge is 2.43. The quantitative estimate of drug-likeness (QED) is 0.140. The van der Waals surface area contributed by atoms with Gasteiger partial charge in [0.1, 0.15) is 0 Å². The first kappa shape index (κ1) is 27.1. The minimum Gasteiger partial charge on any atom is -0.356 e. The van der Waals surface area contributed by atoms with Crippen LogP contribution in [-0.2, 0) is 11.3 Å². The highest BCUT2D eigenvalue weighted by molar-refractivity contribution is 8.05.